The number of likely N-dealkylation sites (tertiary alicyclic amines) is 1. The van der Waals surface area contributed by atoms with E-state index in [1.54, 1.807) is 9.80 Å². The molecule has 4 N–H and O–H groups in total. The minimum absolute atomic E-state index is 0.160. The van der Waals surface area contributed by atoms with Gasteiger partial charge in [0.25, 0.3) is 0 Å². The van der Waals surface area contributed by atoms with Gasteiger partial charge in [0.15, 0.2) is 0 Å². The molecule has 316 valence electrons. The predicted molar refractivity (Wildman–Crippen MR) is 226 cm³/mol. The van der Waals surface area contributed by atoms with Gasteiger partial charge < -0.3 is 44.8 Å². The Morgan fingerprint density at radius 2 is 1.32 bits per heavy atom. The minimum atomic E-state index is -0.822. The van der Waals surface area contributed by atoms with Crippen LogP contribution in [0.3, 0.4) is 0 Å². The topological polar surface area (TPSA) is 178 Å². The molecular formula is C45H55N9O6. The number of anilines is 1. The van der Waals surface area contributed by atoms with Crippen molar-refractivity contribution in [2.75, 3.05) is 38.9 Å². The first-order valence-corrected chi connectivity index (χ1v) is 20.6. The summed E-state index contributed by atoms with van der Waals surface area (Å²) in [4.78, 5) is 75.9. The molecular weight excluding hydrogens is 763 g/mol. The number of rotatable bonds is 12. The molecule has 4 aromatic rings. The average molecular weight is 818 g/mol. The van der Waals surface area contributed by atoms with Gasteiger partial charge in [0.05, 0.1) is 43.7 Å². The number of amides is 4. The van der Waals surface area contributed by atoms with Crippen molar-refractivity contribution in [3.63, 3.8) is 0 Å². The molecule has 15 heteroatoms. The molecule has 2 aromatic heterocycles. The number of ether oxygens (including phenoxy) is 2. The van der Waals surface area contributed by atoms with Gasteiger partial charge in [-0.1, -0.05) is 94.5 Å². The summed E-state index contributed by atoms with van der Waals surface area (Å²) in [5.41, 5.74) is 3.98. The minimum Gasteiger partial charge on any atom is -0.453 e. The Bertz CT molecular complexity index is 2220. The van der Waals surface area contributed by atoms with Crippen molar-refractivity contribution < 1.29 is 28.7 Å². The van der Waals surface area contributed by atoms with Crippen molar-refractivity contribution in [1.82, 2.24) is 40.4 Å². The van der Waals surface area contributed by atoms with Gasteiger partial charge in [-0.25, -0.2) is 19.6 Å². The van der Waals surface area contributed by atoms with Crippen molar-refractivity contribution in [3.8, 4) is 0 Å². The number of para-hydroxylation sites is 1. The van der Waals surface area contributed by atoms with Crippen molar-refractivity contribution in [2.24, 2.45) is 11.8 Å². The zero-order chi connectivity index (χ0) is 42.6. The highest BCUT2D eigenvalue weighted by Crippen LogP contribution is 2.43. The molecule has 2 aromatic carbocycles. The predicted octanol–water partition coefficient (Wildman–Crippen LogP) is 6.23. The van der Waals surface area contributed by atoms with Gasteiger partial charge in [-0.3, -0.25) is 9.59 Å². The number of nitrogens with zero attached hydrogens (tertiary/aromatic N) is 5. The number of carbonyl (C=O) groups excluding carboxylic acids is 4. The molecule has 0 spiro atoms. The first-order valence-electron chi connectivity index (χ1n) is 20.6. The smallest absolute Gasteiger partial charge is 0.407 e. The molecule has 2 fully saturated rings. The number of hydrogen-bond donors (Lipinski definition) is 4. The Morgan fingerprint density at radius 3 is 1.85 bits per heavy atom. The van der Waals surface area contributed by atoms with Crippen LogP contribution in [-0.4, -0.2) is 99.8 Å². The summed E-state index contributed by atoms with van der Waals surface area (Å²) in [6, 6.07) is 17.7. The molecule has 60 heavy (non-hydrogen) atoms. The Hall–Kier alpha value is -6.38. The summed E-state index contributed by atoms with van der Waals surface area (Å²) in [6.45, 7) is 8.86. The fourth-order valence-electron chi connectivity index (χ4n) is 8.50. The quantitative estimate of drug-likeness (QED) is 0.129. The maximum Gasteiger partial charge on any atom is 0.407 e. The van der Waals surface area contributed by atoms with Gasteiger partial charge in [-0.2, -0.15) is 0 Å². The largest absolute Gasteiger partial charge is 0.453 e. The molecule has 4 heterocycles. The lowest BCUT2D eigenvalue weighted by Gasteiger charge is -2.32. The molecule has 5 atom stereocenters. The van der Waals surface area contributed by atoms with Crippen LogP contribution in [0.15, 0.2) is 91.3 Å². The highest BCUT2D eigenvalue weighted by Gasteiger charge is 2.44. The van der Waals surface area contributed by atoms with E-state index in [-0.39, 0.29) is 36.4 Å². The number of benzene rings is 2. The summed E-state index contributed by atoms with van der Waals surface area (Å²) in [7, 11) is 2.57. The summed E-state index contributed by atoms with van der Waals surface area (Å²) in [5.74, 6) is 0.469. The number of hydrogen-bond acceptors (Lipinski definition) is 9. The number of aromatic nitrogens is 4. The fourth-order valence-corrected chi connectivity index (χ4v) is 8.50. The van der Waals surface area contributed by atoms with E-state index in [2.05, 4.69) is 55.9 Å². The van der Waals surface area contributed by atoms with Crippen LogP contribution in [-0.2, 0) is 24.5 Å². The van der Waals surface area contributed by atoms with E-state index in [1.165, 1.54) is 14.2 Å². The van der Waals surface area contributed by atoms with E-state index >= 15 is 0 Å². The summed E-state index contributed by atoms with van der Waals surface area (Å²) in [6.07, 6.45) is 10.9. The maximum absolute atomic E-state index is 14.4. The van der Waals surface area contributed by atoms with Crippen LogP contribution in [0.1, 0.15) is 87.6 Å². The number of imidazole rings is 2. The standard InChI is InChI=1S/C45H55N9O6/c1-28(2)37(50-43(57)59-5)41(55)53-23-13-18-33(53)39-46-24-35(48-39)45(21-19-31(20-22-45)30-14-9-7-10-15-30)36-25-47-40(49-36)34-26-52(32-16-11-8-12-17-32)27-54(34)42(56)38(29(3)4)51-44(58)60-6/h7-12,14-17,19-21,24-25,28-29,33-34,37-38H,13,18,22-23,26-27H2,1-6H3,(H,46,48)(H,47,49)(H,50,57)(H,51,58). The molecule has 15 nitrogen and oxygen atoms in total. The number of carbonyl (C=O) groups is 4. The van der Waals surface area contributed by atoms with E-state index in [9.17, 15) is 19.2 Å². The maximum atomic E-state index is 14.4. The Morgan fingerprint density at radius 1 is 0.767 bits per heavy atom. The van der Waals surface area contributed by atoms with Gasteiger partial charge in [0.2, 0.25) is 11.8 Å². The van der Waals surface area contributed by atoms with E-state index in [1.807, 2.05) is 88.6 Å². The second-order valence-corrected chi connectivity index (χ2v) is 16.3. The fraction of sp³-hybridized carbons (Fsp3) is 0.422. The summed E-state index contributed by atoms with van der Waals surface area (Å²) >= 11 is 0. The molecule has 3 aliphatic rings. The first kappa shape index (κ1) is 41.8. The third-order valence-corrected chi connectivity index (χ3v) is 11.9. The lowest BCUT2D eigenvalue weighted by molar-refractivity contribution is -0.136. The van der Waals surface area contributed by atoms with Gasteiger partial charge in [-0.15, -0.1) is 0 Å². The van der Waals surface area contributed by atoms with Crippen LogP contribution in [0.4, 0.5) is 15.3 Å². The number of nitrogens with one attached hydrogen (secondary N) is 4. The zero-order valence-corrected chi connectivity index (χ0v) is 35.1. The summed E-state index contributed by atoms with van der Waals surface area (Å²) in [5, 5.41) is 5.48. The molecule has 2 aliphatic heterocycles. The van der Waals surface area contributed by atoms with Crippen molar-refractivity contribution in [2.45, 2.75) is 76.5 Å². The molecule has 1 aliphatic carbocycles. The van der Waals surface area contributed by atoms with Crippen LogP contribution >= 0.6 is 0 Å². The van der Waals surface area contributed by atoms with Gasteiger partial charge in [0, 0.05) is 31.2 Å². The molecule has 0 radical (unpaired) electrons. The lowest BCUT2D eigenvalue weighted by Crippen LogP contribution is -2.51. The highest BCUT2D eigenvalue weighted by atomic mass is 16.5. The van der Waals surface area contributed by atoms with Gasteiger partial charge >= 0.3 is 12.2 Å². The second-order valence-electron chi connectivity index (χ2n) is 16.3. The number of allylic oxidation sites excluding steroid dienone is 4. The van der Waals surface area contributed by atoms with E-state index in [0.717, 1.165) is 34.6 Å². The SMILES string of the molecule is COC(=O)NC(C(=O)N1CCCC1c1ncc(C2(c3cnc(C4CN(c5ccccc5)CN4C(=O)C(NC(=O)OC)C(C)C)[nH]3)C=CC(c3ccccc3)=CC2)[nH]1)C(C)C. The zero-order valence-electron chi connectivity index (χ0n) is 35.1. The lowest BCUT2D eigenvalue weighted by atomic mass is 9.74. The number of aromatic amines is 2. The van der Waals surface area contributed by atoms with Crippen molar-refractivity contribution in [1.29, 1.82) is 0 Å². The molecule has 0 bridgehead atoms. The normalized spacial score (nSPS) is 21.2. The third-order valence-electron chi connectivity index (χ3n) is 11.9. The van der Waals surface area contributed by atoms with Crippen molar-refractivity contribution >= 4 is 35.3 Å². The Labute approximate surface area is 350 Å². The second kappa shape index (κ2) is 17.9. The molecule has 4 amide bonds. The van der Waals surface area contributed by atoms with E-state index in [4.69, 9.17) is 19.4 Å². The number of methoxy groups -OCH3 is 2. The average Bonchev–Trinajstić information content (AvgIpc) is 4.11. The molecule has 2 saturated heterocycles. The third kappa shape index (κ3) is 8.38. The highest BCUT2D eigenvalue weighted by molar-refractivity contribution is 5.87. The molecule has 0 saturated carbocycles. The van der Waals surface area contributed by atoms with E-state index in [0.29, 0.717) is 37.6 Å². The van der Waals surface area contributed by atoms with Crippen LogP contribution < -0.4 is 15.5 Å². The Kier molecular flexibility index (Phi) is 12.4. The first-order chi connectivity index (χ1) is 28.9. The number of alkyl carbamates (subject to hydrolysis) is 2. The molecule has 7 rings (SSSR count). The number of H-pyrrole nitrogens is 2. The monoisotopic (exact) mass is 817 g/mol. The Balaban J connectivity index is 1.24. The van der Waals surface area contributed by atoms with Crippen LogP contribution in [0.25, 0.3) is 5.57 Å². The van der Waals surface area contributed by atoms with Crippen LogP contribution in [0.2, 0.25) is 0 Å². The van der Waals surface area contributed by atoms with Gasteiger partial charge in [-0.05, 0) is 54.4 Å². The van der Waals surface area contributed by atoms with Crippen molar-refractivity contribution in [3.05, 3.63) is 120 Å². The molecule has 5 unspecified atom stereocenters. The van der Waals surface area contributed by atoms with E-state index < -0.39 is 35.7 Å². The van der Waals surface area contributed by atoms with Crippen LogP contribution in [0, 0.1) is 11.8 Å². The summed E-state index contributed by atoms with van der Waals surface area (Å²) < 4.78 is 9.72. The van der Waals surface area contributed by atoms with Gasteiger partial charge in [0.1, 0.15) is 29.8 Å². The van der Waals surface area contributed by atoms with Crippen LogP contribution in [0.5, 0.6) is 0 Å².